The van der Waals surface area contributed by atoms with Crippen LogP contribution in [0.5, 0.6) is 0 Å². The molecule has 0 aliphatic heterocycles. The molecule has 0 aromatic heterocycles. The maximum atomic E-state index is 10.7. The first-order valence-corrected chi connectivity index (χ1v) is 5.00. The Bertz CT molecular complexity index is 288. The molecule has 14 heavy (non-hydrogen) atoms. The molecule has 0 aromatic rings. The molecule has 1 N–H and O–H groups in total. The quantitative estimate of drug-likeness (QED) is 0.539. The average Bonchev–Trinajstić information content (AvgIpc) is 2.19. The molecule has 0 amide bonds. The third-order valence-electron chi connectivity index (χ3n) is 2.86. The standard InChI is InChI=1S/C12H16O2/c1-3-12(7-5-4-6-8-12)9-10(2)11(13)14/h1,9H,4-8H2,2H3,(H,13,14). The van der Waals surface area contributed by atoms with Gasteiger partial charge >= 0.3 is 5.97 Å². The van der Waals surface area contributed by atoms with Crippen LogP contribution in [0.3, 0.4) is 0 Å². The molecule has 1 aliphatic rings. The van der Waals surface area contributed by atoms with Crippen LogP contribution in [-0.4, -0.2) is 11.1 Å². The Kier molecular flexibility index (Phi) is 3.35. The molecule has 0 unspecified atom stereocenters. The summed E-state index contributed by atoms with van der Waals surface area (Å²) in [4.78, 5) is 10.7. The lowest BCUT2D eigenvalue weighted by atomic mass is 9.74. The first-order valence-electron chi connectivity index (χ1n) is 5.00. The van der Waals surface area contributed by atoms with Gasteiger partial charge in [0, 0.05) is 11.0 Å². The zero-order chi connectivity index (χ0) is 10.6. The number of hydrogen-bond acceptors (Lipinski definition) is 1. The second-order valence-electron chi connectivity index (χ2n) is 3.99. The van der Waals surface area contributed by atoms with E-state index >= 15 is 0 Å². The summed E-state index contributed by atoms with van der Waals surface area (Å²) in [7, 11) is 0. The summed E-state index contributed by atoms with van der Waals surface area (Å²) in [6.45, 7) is 1.61. The van der Waals surface area contributed by atoms with Gasteiger partial charge < -0.3 is 5.11 Å². The molecule has 1 saturated carbocycles. The maximum absolute atomic E-state index is 10.7. The molecular weight excluding hydrogens is 176 g/mol. The van der Waals surface area contributed by atoms with Crippen LogP contribution in [0.25, 0.3) is 0 Å². The van der Waals surface area contributed by atoms with E-state index in [1.165, 1.54) is 6.42 Å². The van der Waals surface area contributed by atoms with Crippen molar-refractivity contribution in [1.82, 2.24) is 0 Å². The Morgan fingerprint density at radius 3 is 2.43 bits per heavy atom. The molecule has 76 valence electrons. The molecule has 2 heteroatoms. The Hall–Kier alpha value is -1.23. The Morgan fingerprint density at radius 1 is 1.43 bits per heavy atom. The summed E-state index contributed by atoms with van der Waals surface area (Å²) in [6, 6.07) is 0. The molecule has 0 spiro atoms. The van der Waals surface area contributed by atoms with Gasteiger partial charge in [-0.15, -0.1) is 6.42 Å². The van der Waals surface area contributed by atoms with Crippen LogP contribution in [0.2, 0.25) is 0 Å². The molecule has 0 aromatic carbocycles. The van der Waals surface area contributed by atoms with Crippen molar-refractivity contribution >= 4 is 5.97 Å². The zero-order valence-corrected chi connectivity index (χ0v) is 8.55. The summed E-state index contributed by atoms with van der Waals surface area (Å²) in [5.41, 5.74) is 0.0747. The molecule has 0 radical (unpaired) electrons. The van der Waals surface area contributed by atoms with Gasteiger partial charge in [0.15, 0.2) is 0 Å². The lowest BCUT2D eigenvalue weighted by molar-refractivity contribution is -0.132. The first-order chi connectivity index (χ1) is 6.59. The van der Waals surface area contributed by atoms with Gasteiger partial charge in [-0.3, -0.25) is 0 Å². The summed E-state index contributed by atoms with van der Waals surface area (Å²) in [5.74, 6) is 1.89. The van der Waals surface area contributed by atoms with Crippen LogP contribution in [0.15, 0.2) is 11.6 Å². The maximum Gasteiger partial charge on any atom is 0.330 e. The minimum absolute atomic E-state index is 0.291. The van der Waals surface area contributed by atoms with E-state index in [0.717, 1.165) is 25.7 Å². The van der Waals surface area contributed by atoms with Gasteiger partial charge in [0.25, 0.3) is 0 Å². The second-order valence-corrected chi connectivity index (χ2v) is 3.99. The highest BCUT2D eigenvalue weighted by atomic mass is 16.4. The molecule has 1 aliphatic carbocycles. The minimum Gasteiger partial charge on any atom is -0.478 e. The van der Waals surface area contributed by atoms with Crippen LogP contribution >= 0.6 is 0 Å². The summed E-state index contributed by atoms with van der Waals surface area (Å²) in [5, 5.41) is 8.79. The molecular formula is C12H16O2. The lowest BCUT2D eigenvalue weighted by Crippen LogP contribution is -2.20. The van der Waals surface area contributed by atoms with Gasteiger partial charge in [-0.05, 0) is 19.8 Å². The predicted molar refractivity (Wildman–Crippen MR) is 55.7 cm³/mol. The number of carboxylic acid groups (broad SMARTS) is 1. The van der Waals surface area contributed by atoms with Gasteiger partial charge in [0.05, 0.1) is 0 Å². The van der Waals surface area contributed by atoms with E-state index in [1.807, 2.05) is 0 Å². The first kappa shape index (κ1) is 10.8. The molecule has 0 heterocycles. The third-order valence-corrected chi connectivity index (χ3v) is 2.86. The third kappa shape index (κ3) is 2.38. The molecule has 1 fully saturated rings. The number of carboxylic acids is 1. The molecule has 0 bridgehead atoms. The fourth-order valence-electron chi connectivity index (χ4n) is 1.99. The predicted octanol–water partition coefficient (Wildman–Crippen LogP) is 2.60. The number of aliphatic carboxylic acids is 1. The van der Waals surface area contributed by atoms with Crippen molar-refractivity contribution in [2.75, 3.05) is 0 Å². The highest BCUT2D eigenvalue weighted by Gasteiger charge is 2.28. The fourth-order valence-corrected chi connectivity index (χ4v) is 1.99. The monoisotopic (exact) mass is 192 g/mol. The van der Waals surface area contributed by atoms with Crippen molar-refractivity contribution in [3.05, 3.63) is 11.6 Å². The van der Waals surface area contributed by atoms with Crippen molar-refractivity contribution in [1.29, 1.82) is 0 Å². The highest BCUT2D eigenvalue weighted by molar-refractivity contribution is 5.86. The van der Waals surface area contributed by atoms with E-state index in [-0.39, 0.29) is 5.41 Å². The molecule has 0 atom stereocenters. The molecule has 0 saturated heterocycles. The SMILES string of the molecule is C#CC1(C=C(C)C(=O)O)CCCCC1. The van der Waals surface area contributed by atoms with Crippen molar-refractivity contribution in [2.24, 2.45) is 5.41 Å². The van der Waals surface area contributed by atoms with Crippen molar-refractivity contribution in [3.8, 4) is 12.3 Å². The second kappa shape index (κ2) is 4.32. The topological polar surface area (TPSA) is 37.3 Å². The normalized spacial score (nSPS) is 21.3. The van der Waals surface area contributed by atoms with E-state index in [9.17, 15) is 4.79 Å². The summed E-state index contributed by atoms with van der Waals surface area (Å²) < 4.78 is 0. The van der Waals surface area contributed by atoms with Crippen LogP contribution in [0, 0.1) is 17.8 Å². The van der Waals surface area contributed by atoms with Crippen LogP contribution < -0.4 is 0 Å². The number of hydrogen-bond donors (Lipinski definition) is 1. The van der Waals surface area contributed by atoms with Crippen LogP contribution in [0.4, 0.5) is 0 Å². The van der Waals surface area contributed by atoms with Crippen LogP contribution in [-0.2, 0) is 4.79 Å². The number of carbonyl (C=O) groups is 1. The van der Waals surface area contributed by atoms with E-state index in [2.05, 4.69) is 5.92 Å². The number of rotatable bonds is 2. The van der Waals surface area contributed by atoms with Crippen molar-refractivity contribution in [2.45, 2.75) is 39.0 Å². The summed E-state index contributed by atoms with van der Waals surface area (Å²) in [6.07, 6.45) is 12.5. The van der Waals surface area contributed by atoms with E-state index in [0.29, 0.717) is 5.57 Å². The summed E-state index contributed by atoms with van der Waals surface area (Å²) >= 11 is 0. The van der Waals surface area contributed by atoms with Crippen molar-refractivity contribution in [3.63, 3.8) is 0 Å². The van der Waals surface area contributed by atoms with E-state index < -0.39 is 5.97 Å². The lowest BCUT2D eigenvalue weighted by Gasteiger charge is -2.29. The van der Waals surface area contributed by atoms with E-state index in [4.69, 9.17) is 11.5 Å². The van der Waals surface area contributed by atoms with Gasteiger partial charge in [-0.2, -0.15) is 0 Å². The van der Waals surface area contributed by atoms with Crippen molar-refractivity contribution < 1.29 is 9.90 Å². The molecule has 1 rings (SSSR count). The van der Waals surface area contributed by atoms with E-state index in [1.54, 1.807) is 13.0 Å². The number of terminal acetylenes is 1. The Morgan fingerprint density at radius 2 is 2.00 bits per heavy atom. The highest BCUT2D eigenvalue weighted by Crippen LogP contribution is 2.37. The zero-order valence-electron chi connectivity index (χ0n) is 8.55. The fraction of sp³-hybridized carbons (Fsp3) is 0.583. The smallest absolute Gasteiger partial charge is 0.330 e. The minimum atomic E-state index is -0.870. The van der Waals surface area contributed by atoms with Gasteiger partial charge in [0.1, 0.15) is 0 Å². The molecule has 2 nitrogen and oxygen atoms in total. The van der Waals surface area contributed by atoms with Gasteiger partial charge in [-0.1, -0.05) is 31.3 Å². The largest absolute Gasteiger partial charge is 0.478 e. The van der Waals surface area contributed by atoms with Gasteiger partial charge in [-0.25, -0.2) is 4.79 Å². The van der Waals surface area contributed by atoms with Gasteiger partial charge in [0.2, 0.25) is 0 Å². The average molecular weight is 192 g/mol. The Balaban J connectivity index is 2.85. The van der Waals surface area contributed by atoms with Crippen LogP contribution in [0.1, 0.15) is 39.0 Å². The number of allylic oxidation sites excluding steroid dienone is 1. The Labute approximate surface area is 85.0 Å².